The molecule has 0 aromatic heterocycles. The van der Waals surface area contributed by atoms with Crippen molar-refractivity contribution in [2.24, 2.45) is 22.7 Å². The molecule has 7 rings (SSSR count). The second-order valence-corrected chi connectivity index (χ2v) is 10.4. The molecule has 8 atom stereocenters. The second kappa shape index (κ2) is 5.50. The number of rotatable bonds is 2. The summed E-state index contributed by atoms with van der Waals surface area (Å²) in [5.74, 6) is 0.261. The number of fused-ring (bicyclic) bond motifs is 5. The molecule has 4 aliphatic carbocycles. The van der Waals surface area contributed by atoms with Gasteiger partial charge in [0.15, 0.2) is 0 Å². The van der Waals surface area contributed by atoms with Crippen LogP contribution in [0.5, 0.6) is 5.75 Å². The predicted octanol–water partition coefficient (Wildman–Crippen LogP) is 3.20. The molecule has 5 fully saturated rings. The Kier molecular flexibility index (Phi) is 3.33. The number of allylic oxidation sites excluding steroid dienone is 2. The molecule has 1 spiro atoms. The highest BCUT2D eigenvalue weighted by molar-refractivity contribution is 5.52. The van der Waals surface area contributed by atoms with Crippen LogP contribution in [0.2, 0.25) is 0 Å². The maximum Gasteiger partial charge on any atom is 0.201 e. The topological polar surface area (TPSA) is 60.5 Å². The van der Waals surface area contributed by atoms with Crippen LogP contribution in [0, 0.1) is 22.7 Å². The van der Waals surface area contributed by atoms with Gasteiger partial charge in [-0.1, -0.05) is 44.1 Å². The summed E-state index contributed by atoms with van der Waals surface area (Å²) in [6.45, 7) is 3.69. The SMILES string of the molecule is COc1ccc([C@@]23C=C[C@@]4(CCCC[C@@]42C)[C@@H]2[C@H]3[C@H](O)[C@H]3O[C@H]3C23OCCO3)cc1. The van der Waals surface area contributed by atoms with Gasteiger partial charge >= 0.3 is 0 Å². The Hall–Kier alpha value is -1.40. The highest BCUT2D eigenvalue weighted by atomic mass is 16.8. The highest BCUT2D eigenvalue weighted by Gasteiger charge is 2.86. The minimum absolute atomic E-state index is 0.0147. The monoisotopic (exact) mass is 410 g/mol. The first-order valence-electron chi connectivity index (χ1n) is 11.5. The molecule has 30 heavy (non-hydrogen) atoms. The zero-order valence-electron chi connectivity index (χ0n) is 17.7. The summed E-state index contributed by atoms with van der Waals surface area (Å²) in [6, 6.07) is 8.52. The van der Waals surface area contributed by atoms with E-state index in [1.54, 1.807) is 7.11 Å². The minimum atomic E-state index is -0.716. The third-order valence-corrected chi connectivity index (χ3v) is 9.91. The van der Waals surface area contributed by atoms with Crippen LogP contribution in [0.3, 0.4) is 0 Å². The van der Waals surface area contributed by atoms with Gasteiger partial charge in [-0.3, -0.25) is 0 Å². The fourth-order valence-electron chi connectivity index (χ4n) is 8.82. The van der Waals surface area contributed by atoms with Crippen LogP contribution in [0.4, 0.5) is 0 Å². The molecule has 5 heteroatoms. The number of ether oxygens (including phenoxy) is 4. The summed E-state index contributed by atoms with van der Waals surface area (Å²) < 4.78 is 24.4. The Morgan fingerprint density at radius 1 is 1.03 bits per heavy atom. The average molecular weight is 411 g/mol. The fourth-order valence-corrected chi connectivity index (χ4v) is 8.82. The van der Waals surface area contributed by atoms with Crippen LogP contribution in [-0.4, -0.2) is 49.5 Å². The Balaban J connectivity index is 1.49. The molecule has 1 aromatic rings. The molecule has 0 radical (unpaired) electrons. The van der Waals surface area contributed by atoms with E-state index in [4.69, 9.17) is 18.9 Å². The van der Waals surface area contributed by atoms with E-state index in [0.717, 1.165) is 18.6 Å². The number of aliphatic hydroxyl groups is 1. The van der Waals surface area contributed by atoms with Crippen LogP contribution in [0.1, 0.15) is 38.2 Å². The van der Waals surface area contributed by atoms with Crippen LogP contribution in [0.25, 0.3) is 0 Å². The zero-order valence-corrected chi connectivity index (χ0v) is 17.7. The lowest BCUT2D eigenvalue weighted by atomic mass is 9.52. The van der Waals surface area contributed by atoms with Crippen molar-refractivity contribution in [1.29, 1.82) is 0 Å². The van der Waals surface area contributed by atoms with Gasteiger partial charge in [-0.15, -0.1) is 0 Å². The molecule has 1 N–H and O–H groups in total. The minimum Gasteiger partial charge on any atom is -0.497 e. The molecule has 0 amide bonds. The molecule has 5 nitrogen and oxygen atoms in total. The molecule has 2 saturated heterocycles. The van der Waals surface area contributed by atoms with E-state index in [0.29, 0.717) is 13.2 Å². The van der Waals surface area contributed by atoms with Gasteiger partial charge in [0, 0.05) is 22.7 Å². The molecule has 1 aromatic carbocycles. The summed E-state index contributed by atoms with van der Waals surface area (Å²) in [7, 11) is 1.70. The Morgan fingerprint density at radius 3 is 2.50 bits per heavy atom. The number of benzene rings is 1. The standard InChI is InChI=1S/C25H30O5/c1-22-9-3-4-10-23(22)11-12-24(22,15-5-7-16(27-2)8-6-15)17-18(26)19-21(30-19)25(20(17)23)28-13-14-29-25/h5-8,11-12,17-21,26H,3-4,9-10,13-14H2,1-2H3/t17-,18+,19-,20+,21-,22+,23+,24-/m1/s1. The Labute approximate surface area is 177 Å². The number of hydrogen-bond acceptors (Lipinski definition) is 5. The van der Waals surface area contributed by atoms with E-state index >= 15 is 0 Å². The van der Waals surface area contributed by atoms with Crippen molar-refractivity contribution in [3.05, 3.63) is 42.0 Å². The molecule has 6 aliphatic rings. The van der Waals surface area contributed by atoms with Crippen molar-refractivity contribution in [2.45, 2.75) is 62.1 Å². The summed E-state index contributed by atoms with van der Waals surface area (Å²) in [4.78, 5) is 0. The molecule has 2 aliphatic heterocycles. The van der Waals surface area contributed by atoms with Crippen molar-refractivity contribution in [2.75, 3.05) is 20.3 Å². The summed E-state index contributed by atoms with van der Waals surface area (Å²) in [5.41, 5.74) is 0.980. The number of hydrogen-bond donors (Lipinski definition) is 1. The molecular weight excluding hydrogens is 380 g/mol. The average Bonchev–Trinajstić information content (AvgIpc) is 3.30. The first-order valence-corrected chi connectivity index (χ1v) is 11.5. The van der Waals surface area contributed by atoms with Crippen molar-refractivity contribution in [3.63, 3.8) is 0 Å². The van der Waals surface area contributed by atoms with Gasteiger partial charge in [-0.25, -0.2) is 0 Å². The molecular formula is C25H30O5. The lowest BCUT2D eigenvalue weighted by molar-refractivity contribution is -0.254. The van der Waals surface area contributed by atoms with Gasteiger partial charge in [0.1, 0.15) is 18.0 Å². The summed E-state index contributed by atoms with van der Waals surface area (Å²) in [5, 5.41) is 11.6. The van der Waals surface area contributed by atoms with Crippen LogP contribution >= 0.6 is 0 Å². The maximum absolute atomic E-state index is 11.6. The van der Waals surface area contributed by atoms with E-state index in [2.05, 4.69) is 43.3 Å². The van der Waals surface area contributed by atoms with Gasteiger partial charge in [-0.05, 0) is 36.0 Å². The molecule has 2 bridgehead atoms. The Bertz CT molecular complexity index is 920. The Morgan fingerprint density at radius 2 is 1.77 bits per heavy atom. The van der Waals surface area contributed by atoms with Crippen LogP contribution < -0.4 is 4.74 Å². The predicted molar refractivity (Wildman–Crippen MR) is 109 cm³/mol. The molecule has 160 valence electrons. The number of methoxy groups -OCH3 is 1. The van der Waals surface area contributed by atoms with Gasteiger partial charge in [0.05, 0.1) is 26.4 Å². The van der Waals surface area contributed by atoms with E-state index in [9.17, 15) is 5.11 Å². The fraction of sp³-hybridized carbons (Fsp3) is 0.680. The third-order valence-electron chi connectivity index (χ3n) is 9.91. The number of aliphatic hydroxyl groups excluding tert-OH is 1. The smallest absolute Gasteiger partial charge is 0.201 e. The van der Waals surface area contributed by atoms with E-state index in [-0.39, 0.29) is 40.3 Å². The quantitative estimate of drug-likeness (QED) is 0.599. The normalized spacial score (nSPS) is 51.5. The van der Waals surface area contributed by atoms with E-state index in [1.807, 2.05) is 0 Å². The van der Waals surface area contributed by atoms with Crippen molar-refractivity contribution >= 4 is 0 Å². The first kappa shape index (κ1) is 18.2. The summed E-state index contributed by atoms with van der Waals surface area (Å²) in [6.07, 6.45) is 8.80. The van der Waals surface area contributed by atoms with Crippen molar-refractivity contribution < 1.29 is 24.1 Å². The van der Waals surface area contributed by atoms with Gasteiger partial charge in [0.2, 0.25) is 5.79 Å². The first-order chi connectivity index (χ1) is 14.5. The molecule has 0 unspecified atom stereocenters. The molecule has 2 heterocycles. The highest BCUT2D eigenvalue weighted by Crippen LogP contribution is 2.82. The summed E-state index contributed by atoms with van der Waals surface area (Å²) >= 11 is 0. The van der Waals surface area contributed by atoms with Crippen LogP contribution in [-0.2, 0) is 19.6 Å². The van der Waals surface area contributed by atoms with Crippen molar-refractivity contribution in [3.8, 4) is 5.75 Å². The number of epoxide rings is 1. The lowest BCUT2D eigenvalue weighted by Gasteiger charge is -2.52. The van der Waals surface area contributed by atoms with Gasteiger partial charge in [-0.2, -0.15) is 0 Å². The van der Waals surface area contributed by atoms with E-state index in [1.165, 1.54) is 18.4 Å². The molecule has 3 saturated carbocycles. The zero-order chi connectivity index (χ0) is 20.4. The maximum atomic E-state index is 11.6. The van der Waals surface area contributed by atoms with Crippen molar-refractivity contribution in [1.82, 2.24) is 0 Å². The van der Waals surface area contributed by atoms with Gasteiger partial charge in [0.25, 0.3) is 0 Å². The van der Waals surface area contributed by atoms with E-state index < -0.39 is 11.9 Å². The lowest BCUT2D eigenvalue weighted by Crippen LogP contribution is -2.61. The van der Waals surface area contributed by atoms with Crippen LogP contribution in [0.15, 0.2) is 36.4 Å². The third kappa shape index (κ3) is 1.69. The van der Waals surface area contributed by atoms with Gasteiger partial charge < -0.3 is 24.1 Å². The second-order valence-electron chi connectivity index (χ2n) is 10.4. The largest absolute Gasteiger partial charge is 0.497 e.